The highest BCUT2D eigenvalue weighted by molar-refractivity contribution is 5.76. The van der Waals surface area contributed by atoms with Crippen molar-refractivity contribution in [3.8, 4) is 0 Å². The summed E-state index contributed by atoms with van der Waals surface area (Å²) in [6.07, 6.45) is 7.98. The summed E-state index contributed by atoms with van der Waals surface area (Å²) in [4.78, 5) is 23.9. The van der Waals surface area contributed by atoms with E-state index in [1.807, 2.05) is 0 Å². The Kier molecular flexibility index (Phi) is 4.77. The number of rotatable bonds is 4. The molecule has 1 aromatic heterocycles. The average molecular weight is 320 g/mol. The molecule has 0 radical (unpaired) electrons. The first-order valence-electron chi connectivity index (χ1n) is 8.05. The van der Waals surface area contributed by atoms with Crippen LogP contribution in [0.25, 0.3) is 0 Å². The third-order valence-corrected chi connectivity index (χ3v) is 4.66. The van der Waals surface area contributed by atoms with Crippen molar-refractivity contribution in [3.63, 3.8) is 0 Å². The Balaban J connectivity index is 1.48. The number of aromatic nitrogens is 2. The van der Waals surface area contributed by atoms with Crippen LogP contribution in [0.3, 0.4) is 0 Å². The Morgan fingerprint density at radius 1 is 1.43 bits per heavy atom. The Hall–Kier alpha value is -1.73. The van der Waals surface area contributed by atoms with Crippen molar-refractivity contribution in [2.45, 2.75) is 31.0 Å². The molecule has 2 saturated heterocycles. The first kappa shape index (κ1) is 16.1. The Morgan fingerprint density at radius 2 is 2.22 bits per heavy atom. The van der Waals surface area contributed by atoms with Gasteiger partial charge in [-0.2, -0.15) is 0 Å². The van der Waals surface area contributed by atoms with E-state index in [0.29, 0.717) is 6.61 Å². The van der Waals surface area contributed by atoms with Gasteiger partial charge in [-0.15, -0.1) is 0 Å². The third kappa shape index (κ3) is 3.79. The van der Waals surface area contributed by atoms with Crippen molar-refractivity contribution in [1.82, 2.24) is 14.9 Å². The van der Waals surface area contributed by atoms with E-state index in [9.17, 15) is 4.79 Å². The first-order valence-corrected chi connectivity index (χ1v) is 8.05. The first-order chi connectivity index (χ1) is 11.1. The highest BCUT2D eigenvalue weighted by Crippen LogP contribution is 2.37. The number of hydrogen-bond acceptors (Lipinski definition) is 6. The molecule has 2 fully saturated rings. The molecule has 126 valence electrons. The highest BCUT2D eigenvalue weighted by atomic mass is 16.6. The molecule has 0 N–H and O–H groups in total. The average Bonchev–Trinajstić information content (AvgIpc) is 2.97. The van der Waals surface area contributed by atoms with Gasteiger partial charge in [0, 0.05) is 46.0 Å². The summed E-state index contributed by atoms with van der Waals surface area (Å²) in [7, 11) is 3.47. The van der Waals surface area contributed by atoms with Crippen LogP contribution in [0.1, 0.15) is 19.3 Å². The van der Waals surface area contributed by atoms with Crippen LogP contribution in [0.15, 0.2) is 18.6 Å². The van der Waals surface area contributed by atoms with Crippen molar-refractivity contribution < 1.29 is 14.3 Å². The number of anilines is 1. The van der Waals surface area contributed by atoms with Crippen LogP contribution < -0.4 is 4.90 Å². The van der Waals surface area contributed by atoms with E-state index in [0.717, 1.165) is 38.2 Å². The van der Waals surface area contributed by atoms with E-state index in [4.69, 9.17) is 9.47 Å². The fourth-order valence-electron chi connectivity index (χ4n) is 3.17. The van der Waals surface area contributed by atoms with Crippen LogP contribution in [-0.2, 0) is 14.3 Å². The van der Waals surface area contributed by atoms with E-state index < -0.39 is 0 Å². The predicted molar refractivity (Wildman–Crippen MR) is 85.2 cm³/mol. The molecule has 2 aliphatic heterocycles. The van der Waals surface area contributed by atoms with E-state index in [1.54, 1.807) is 37.6 Å². The van der Waals surface area contributed by atoms with Gasteiger partial charge in [-0.1, -0.05) is 0 Å². The van der Waals surface area contributed by atoms with Crippen molar-refractivity contribution >= 4 is 11.7 Å². The number of ether oxygens (including phenoxy) is 2. The standard InChI is InChI=1S/C16H24N4O3/c1-19(2)15(21)12-22-13-9-16(23-11-13)3-7-20(8-4-16)14-10-17-5-6-18-14/h5-6,10,13H,3-4,7-9,11-12H2,1-2H3. The molecule has 7 nitrogen and oxygen atoms in total. The second-order valence-corrected chi connectivity index (χ2v) is 6.47. The highest BCUT2D eigenvalue weighted by Gasteiger charge is 2.43. The smallest absolute Gasteiger partial charge is 0.248 e. The number of nitrogens with zero attached hydrogens (tertiary/aromatic N) is 4. The van der Waals surface area contributed by atoms with Crippen molar-refractivity contribution in [1.29, 1.82) is 0 Å². The molecule has 3 rings (SSSR count). The summed E-state index contributed by atoms with van der Waals surface area (Å²) in [6.45, 7) is 2.51. The maximum absolute atomic E-state index is 11.6. The maximum atomic E-state index is 11.6. The SMILES string of the molecule is CN(C)C(=O)COC1COC2(CCN(c3cnccn3)CC2)C1. The van der Waals surface area contributed by atoms with Crippen molar-refractivity contribution in [2.24, 2.45) is 0 Å². The molecule has 1 aromatic rings. The summed E-state index contributed by atoms with van der Waals surface area (Å²) in [6, 6.07) is 0. The topological polar surface area (TPSA) is 67.8 Å². The van der Waals surface area contributed by atoms with Crippen LogP contribution in [0.5, 0.6) is 0 Å². The van der Waals surface area contributed by atoms with Gasteiger partial charge < -0.3 is 19.3 Å². The van der Waals surface area contributed by atoms with E-state index in [-0.39, 0.29) is 24.2 Å². The lowest BCUT2D eigenvalue weighted by Gasteiger charge is -2.39. The van der Waals surface area contributed by atoms with Gasteiger partial charge in [0.25, 0.3) is 0 Å². The molecule has 1 atom stereocenters. The summed E-state index contributed by atoms with van der Waals surface area (Å²) in [5.41, 5.74) is -0.107. The summed E-state index contributed by atoms with van der Waals surface area (Å²) in [5, 5.41) is 0. The number of hydrogen-bond donors (Lipinski definition) is 0. The molecular weight excluding hydrogens is 296 g/mol. The minimum Gasteiger partial charge on any atom is -0.372 e. The van der Waals surface area contributed by atoms with Gasteiger partial charge in [-0.05, 0) is 12.8 Å². The van der Waals surface area contributed by atoms with Crippen LogP contribution in [0.2, 0.25) is 0 Å². The Bertz CT molecular complexity index is 529. The molecule has 23 heavy (non-hydrogen) atoms. The fourth-order valence-corrected chi connectivity index (χ4v) is 3.17. The van der Waals surface area contributed by atoms with Gasteiger partial charge in [0.2, 0.25) is 5.91 Å². The van der Waals surface area contributed by atoms with Crippen LogP contribution >= 0.6 is 0 Å². The molecule has 1 amide bonds. The zero-order valence-corrected chi connectivity index (χ0v) is 13.8. The zero-order chi connectivity index (χ0) is 16.3. The van der Waals surface area contributed by atoms with E-state index in [2.05, 4.69) is 14.9 Å². The number of likely N-dealkylation sites (N-methyl/N-ethyl adjacent to an activating group) is 1. The third-order valence-electron chi connectivity index (χ3n) is 4.66. The number of piperidine rings is 1. The minimum atomic E-state index is -0.107. The zero-order valence-electron chi connectivity index (χ0n) is 13.8. The lowest BCUT2D eigenvalue weighted by molar-refractivity contribution is -0.135. The second kappa shape index (κ2) is 6.80. The lowest BCUT2D eigenvalue weighted by Crippen LogP contribution is -2.44. The number of carbonyl (C=O) groups is 1. The van der Waals surface area contributed by atoms with Crippen molar-refractivity contribution in [2.75, 3.05) is 45.3 Å². The molecule has 1 unspecified atom stereocenters. The van der Waals surface area contributed by atoms with Crippen molar-refractivity contribution in [3.05, 3.63) is 18.6 Å². The maximum Gasteiger partial charge on any atom is 0.248 e. The van der Waals surface area contributed by atoms with E-state index in [1.165, 1.54) is 0 Å². The van der Waals surface area contributed by atoms with Gasteiger partial charge in [0.1, 0.15) is 12.4 Å². The largest absolute Gasteiger partial charge is 0.372 e. The van der Waals surface area contributed by atoms with Crippen LogP contribution in [-0.4, -0.2) is 72.9 Å². The fraction of sp³-hybridized carbons (Fsp3) is 0.688. The van der Waals surface area contributed by atoms with Gasteiger partial charge >= 0.3 is 0 Å². The molecule has 7 heteroatoms. The normalized spacial score (nSPS) is 23.2. The molecule has 0 saturated carbocycles. The summed E-state index contributed by atoms with van der Waals surface area (Å²) < 4.78 is 11.8. The van der Waals surface area contributed by atoms with Crippen LogP contribution in [0.4, 0.5) is 5.82 Å². The summed E-state index contributed by atoms with van der Waals surface area (Å²) >= 11 is 0. The molecular formula is C16H24N4O3. The monoisotopic (exact) mass is 320 g/mol. The number of carbonyl (C=O) groups excluding carboxylic acids is 1. The summed E-state index contributed by atoms with van der Waals surface area (Å²) in [5.74, 6) is 0.910. The molecule has 0 bridgehead atoms. The molecule has 2 aliphatic rings. The molecule has 0 aliphatic carbocycles. The second-order valence-electron chi connectivity index (χ2n) is 6.47. The Labute approximate surface area is 136 Å². The number of amides is 1. The van der Waals surface area contributed by atoms with Gasteiger partial charge in [-0.25, -0.2) is 4.98 Å². The van der Waals surface area contributed by atoms with E-state index >= 15 is 0 Å². The molecule has 1 spiro atoms. The minimum absolute atomic E-state index is 0.0107. The molecule has 0 aromatic carbocycles. The quantitative estimate of drug-likeness (QED) is 0.814. The predicted octanol–water partition coefficient (Wildman–Crippen LogP) is 0.709. The Morgan fingerprint density at radius 3 is 2.87 bits per heavy atom. The van der Waals surface area contributed by atoms with Crippen LogP contribution in [0, 0.1) is 0 Å². The van der Waals surface area contributed by atoms with Gasteiger partial charge in [0.05, 0.1) is 24.5 Å². The molecule has 3 heterocycles. The van der Waals surface area contributed by atoms with Gasteiger partial charge in [-0.3, -0.25) is 9.78 Å². The van der Waals surface area contributed by atoms with Gasteiger partial charge in [0.15, 0.2) is 0 Å². The lowest BCUT2D eigenvalue weighted by atomic mass is 9.88.